The first-order valence-corrected chi connectivity index (χ1v) is 8.90. The van der Waals surface area contributed by atoms with E-state index in [0.29, 0.717) is 31.7 Å². The van der Waals surface area contributed by atoms with Crippen molar-refractivity contribution in [1.82, 2.24) is 10.2 Å². The summed E-state index contributed by atoms with van der Waals surface area (Å²) in [6.45, 7) is 1.60. The molecule has 3 rings (SSSR count). The quantitative estimate of drug-likeness (QED) is 0.742. The normalized spacial score (nSPS) is 14.2. The Morgan fingerprint density at radius 1 is 1.15 bits per heavy atom. The van der Waals surface area contributed by atoms with Crippen molar-refractivity contribution < 1.29 is 14.3 Å². The Balaban J connectivity index is 1.77. The lowest BCUT2D eigenvalue weighted by atomic mass is 10.0. The number of fused-ring (bicyclic) bond motifs is 1. The Morgan fingerprint density at radius 3 is 2.62 bits per heavy atom. The Morgan fingerprint density at radius 2 is 1.88 bits per heavy atom. The predicted octanol–water partition coefficient (Wildman–Crippen LogP) is 2.41. The second kappa shape index (κ2) is 8.63. The number of amides is 2. The van der Waals surface area contributed by atoms with E-state index in [1.807, 2.05) is 54.6 Å². The zero-order valence-electron chi connectivity index (χ0n) is 15.0. The van der Waals surface area contributed by atoms with Gasteiger partial charge in [-0.2, -0.15) is 0 Å². The lowest BCUT2D eigenvalue weighted by Crippen LogP contribution is -2.48. The topological polar surface area (TPSA) is 58.6 Å². The molecule has 0 unspecified atom stereocenters. The van der Waals surface area contributed by atoms with Crippen molar-refractivity contribution in [2.45, 2.75) is 25.4 Å². The van der Waals surface area contributed by atoms with E-state index in [9.17, 15) is 9.59 Å². The van der Waals surface area contributed by atoms with E-state index in [1.54, 1.807) is 12.0 Å². The van der Waals surface area contributed by atoms with E-state index in [4.69, 9.17) is 4.74 Å². The molecule has 2 aromatic rings. The number of carbonyl (C=O) groups is 2. The molecule has 1 heterocycles. The van der Waals surface area contributed by atoms with Gasteiger partial charge in [-0.25, -0.2) is 0 Å². The molecule has 26 heavy (non-hydrogen) atoms. The molecule has 0 spiro atoms. The summed E-state index contributed by atoms with van der Waals surface area (Å²) in [5, 5.41) is 2.95. The minimum Gasteiger partial charge on any atom is -0.385 e. The van der Waals surface area contributed by atoms with Gasteiger partial charge in [0.2, 0.25) is 5.91 Å². The Labute approximate surface area is 154 Å². The van der Waals surface area contributed by atoms with Gasteiger partial charge in [-0.05, 0) is 23.6 Å². The molecule has 0 aliphatic carbocycles. The van der Waals surface area contributed by atoms with Gasteiger partial charge in [-0.3, -0.25) is 9.59 Å². The van der Waals surface area contributed by atoms with Crippen LogP contribution in [0.4, 0.5) is 0 Å². The van der Waals surface area contributed by atoms with E-state index in [-0.39, 0.29) is 11.8 Å². The van der Waals surface area contributed by atoms with Gasteiger partial charge in [0.05, 0.1) is 0 Å². The van der Waals surface area contributed by atoms with Gasteiger partial charge in [0.25, 0.3) is 5.91 Å². The fourth-order valence-corrected chi connectivity index (χ4v) is 3.26. The summed E-state index contributed by atoms with van der Waals surface area (Å²) in [6.07, 6.45) is 1.24. The molecule has 0 saturated carbocycles. The minimum atomic E-state index is -0.528. The summed E-state index contributed by atoms with van der Waals surface area (Å²) in [5.74, 6) is -0.195. The molecule has 0 fully saturated rings. The van der Waals surface area contributed by atoms with Crippen LogP contribution in [0.25, 0.3) is 0 Å². The monoisotopic (exact) mass is 352 g/mol. The van der Waals surface area contributed by atoms with E-state index in [0.717, 1.165) is 17.5 Å². The summed E-state index contributed by atoms with van der Waals surface area (Å²) >= 11 is 0. The molecule has 2 aromatic carbocycles. The highest BCUT2D eigenvalue weighted by Gasteiger charge is 2.36. The SMILES string of the molecule is COCCCNC(=O)[C@H](Cc1ccccc1)N1Cc2ccccc2C1=O. The molecule has 1 aliphatic heterocycles. The van der Waals surface area contributed by atoms with Crippen LogP contribution in [-0.2, 0) is 22.5 Å². The lowest BCUT2D eigenvalue weighted by Gasteiger charge is -2.27. The summed E-state index contributed by atoms with van der Waals surface area (Å²) in [6, 6.07) is 16.8. The number of nitrogens with zero attached hydrogens (tertiary/aromatic N) is 1. The summed E-state index contributed by atoms with van der Waals surface area (Å²) in [4.78, 5) is 27.4. The van der Waals surface area contributed by atoms with Crippen molar-refractivity contribution >= 4 is 11.8 Å². The molecule has 1 atom stereocenters. The van der Waals surface area contributed by atoms with Gasteiger partial charge in [-0.1, -0.05) is 48.5 Å². The van der Waals surface area contributed by atoms with Gasteiger partial charge in [0.1, 0.15) is 6.04 Å². The van der Waals surface area contributed by atoms with E-state index in [1.165, 1.54) is 0 Å². The highest BCUT2D eigenvalue weighted by molar-refractivity contribution is 6.01. The number of nitrogens with one attached hydrogen (secondary N) is 1. The maximum Gasteiger partial charge on any atom is 0.255 e. The van der Waals surface area contributed by atoms with E-state index < -0.39 is 6.04 Å². The Kier molecular flexibility index (Phi) is 6.02. The molecule has 5 heteroatoms. The van der Waals surface area contributed by atoms with Crippen molar-refractivity contribution in [1.29, 1.82) is 0 Å². The summed E-state index contributed by atoms with van der Waals surface area (Å²) < 4.78 is 5.02. The first-order chi connectivity index (χ1) is 12.7. The molecular weight excluding hydrogens is 328 g/mol. The zero-order valence-corrected chi connectivity index (χ0v) is 15.0. The third-order valence-corrected chi connectivity index (χ3v) is 4.62. The second-order valence-electron chi connectivity index (χ2n) is 6.43. The van der Waals surface area contributed by atoms with Gasteiger partial charge in [-0.15, -0.1) is 0 Å². The third kappa shape index (κ3) is 4.11. The van der Waals surface area contributed by atoms with Crippen LogP contribution in [0, 0.1) is 0 Å². The maximum atomic E-state index is 12.8. The fourth-order valence-electron chi connectivity index (χ4n) is 3.26. The smallest absolute Gasteiger partial charge is 0.255 e. The number of hydrogen-bond donors (Lipinski definition) is 1. The first kappa shape index (κ1) is 18.1. The van der Waals surface area contributed by atoms with Crippen LogP contribution in [0.2, 0.25) is 0 Å². The molecule has 0 aromatic heterocycles. The van der Waals surface area contributed by atoms with Crippen LogP contribution in [0.3, 0.4) is 0 Å². The molecule has 0 radical (unpaired) electrons. The van der Waals surface area contributed by atoms with Crippen LogP contribution < -0.4 is 5.32 Å². The Hall–Kier alpha value is -2.66. The molecule has 1 aliphatic rings. The number of hydrogen-bond acceptors (Lipinski definition) is 3. The second-order valence-corrected chi connectivity index (χ2v) is 6.43. The number of benzene rings is 2. The molecular formula is C21H24N2O3. The molecule has 136 valence electrons. The van der Waals surface area contributed by atoms with Crippen LogP contribution in [0.1, 0.15) is 27.9 Å². The molecule has 0 bridgehead atoms. The number of methoxy groups -OCH3 is 1. The molecule has 5 nitrogen and oxygen atoms in total. The van der Waals surface area contributed by atoms with Crippen molar-refractivity contribution in [2.24, 2.45) is 0 Å². The van der Waals surface area contributed by atoms with Gasteiger partial charge < -0.3 is 15.0 Å². The fraction of sp³-hybridized carbons (Fsp3) is 0.333. The summed E-state index contributed by atoms with van der Waals surface area (Å²) in [7, 11) is 1.64. The zero-order chi connectivity index (χ0) is 18.4. The number of rotatable bonds is 8. The van der Waals surface area contributed by atoms with Gasteiger partial charge in [0, 0.05) is 38.8 Å². The molecule has 0 saturated heterocycles. The van der Waals surface area contributed by atoms with E-state index in [2.05, 4.69) is 5.32 Å². The largest absolute Gasteiger partial charge is 0.385 e. The van der Waals surface area contributed by atoms with Crippen molar-refractivity contribution in [2.75, 3.05) is 20.3 Å². The minimum absolute atomic E-state index is 0.0754. The molecule has 1 N–H and O–H groups in total. The average molecular weight is 352 g/mol. The average Bonchev–Trinajstić information content (AvgIpc) is 3.01. The third-order valence-electron chi connectivity index (χ3n) is 4.62. The van der Waals surface area contributed by atoms with Crippen molar-refractivity contribution in [3.63, 3.8) is 0 Å². The summed E-state index contributed by atoms with van der Waals surface area (Å²) in [5.41, 5.74) is 2.70. The van der Waals surface area contributed by atoms with Crippen LogP contribution in [0.15, 0.2) is 54.6 Å². The van der Waals surface area contributed by atoms with Crippen LogP contribution in [-0.4, -0.2) is 43.0 Å². The lowest BCUT2D eigenvalue weighted by molar-refractivity contribution is -0.125. The predicted molar refractivity (Wildman–Crippen MR) is 99.8 cm³/mol. The van der Waals surface area contributed by atoms with Crippen molar-refractivity contribution in [3.8, 4) is 0 Å². The van der Waals surface area contributed by atoms with Crippen LogP contribution in [0.5, 0.6) is 0 Å². The number of carbonyl (C=O) groups excluding carboxylic acids is 2. The maximum absolute atomic E-state index is 12.8. The highest BCUT2D eigenvalue weighted by Crippen LogP contribution is 2.25. The first-order valence-electron chi connectivity index (χ1n) is 8.90. The van der Waals surface area contributed by atoms with E-state index >= 15 is 0 Å². The van der Waals surface area contributed by atoms with Crippen molar-refractivity contribution in [3.05, 3.63) is 71.3 Å². The highest BCUT2D eigenvalue weighted by atomic mass is 16.5. The van der Waals surface area contributed by atoms with Crippen LogP contribution >= 0.6 is 0 Å². The van der Waals surface area contributed by atoms with Gasteiger partial charge >= 0.3 is 0 Å². The standard InChI is InChI=1S/C21H24N2O3/c1-26-13-7-12-22-20(24)19(14-16-8-3-2-4-9-16)23-15-17-10-5-6-11-18(17)21(23)25/h2-6,8-11,19H,7,12-15H2,1H3,(H,22,24)/t19-/m0/s1. The molecule has 2 amide bonds. The Bertz CT molecular complexity index is 761. The van der Waals surface area contributed by atoms with Gasteiger partial charge in [0.15, 0.2) is 0 Å². The number of ether oxygens (including phenoxy) is 1.